The molecule has 0 aromatic rings. The Morgan fingerprint density at radius 3 is 2.05 bits per heavy atom. The van der Waals surface area contributed by atoms with Gasteiger partial charge in [0.05, 0.1) is 13.2 Å². The third-order valence-corrected chi connectivity index (χ3v) is 2.87. The Hall–Kier alpha value is -0.650. The predicted octanol–water partition coefficient (Wildman–Crippen LogP) is 1.41. The van der Waals surface area contributed by atoms with Gasteiger partial charge in [-0.15, -0.1) is 0 Å². The topological polar surface area (TPSA) is 64.8 Å². The van der Waals surface area contributed by atoms with Crippen molar-refractivity contribution >= 4 is 5.91 Å². The lowest BCUT2D eigenvalue weighted by Crippen LogP contribution is -2.39. The van der Waals surface area contributed by atoms with Gasteiger partial charge in [0.1, 0.15) is 0 Å². The summed E-state index contributed by atoms with van der Waals surface area (Å²) in [5.41, 5.74) is 5.92. The van der Waals surface area contributed by atoms with Gasteiger partial charge in [-0.25, -0.2) is 0 Å². The molecule has 1 unspecified atom stereocenters. The zero-order valence-electron chi connectivity index (χ0n) is 12.7. The lowest BCUT2D eigenvalue weighted by molar-refractivity contribution is -0.133. The van der Waals surface area contributed by atoms with Gasteiger partial charge < -0.3 is 20.1 Å². The second kappa shape index (κ2) is 12.4. The Morgan fingerprint density at radius 1 is 1.11 bits per heavy atom. The van der Waals surface area contributed by atoms with Crippen molar-refractivity contribution < 1.29 is 14.3 Å². The molecular formula is C14H30N2O3. The molecule has 0 aromatic heterocycles. The summed E-state index contributed by atoms with van der Waals surface area (Å²) < 4.78 is 10.6. The van der Waals surface area contributed by atoms with Crippen molar-refractivity contribution in [1.29, 1.82) is 0 Å². The van der Waals surface area contributed by atoms with E-state index < -0.39 is 0 Å². The normalized spacial score (nSPS) is 12.4. The van der Waals surface area contributed by atoms with Gasteiger partial charge >= 0.3 is 0 Å². The van der Waals surface area contributed by atoms with Crippen LogP contribution in [0, 0.1) is 0 Å². The van der Waals surface area contributed by atoms with Gasteiger partial charge in [0.15, 0.2) is 0 Å². The second-order valence-corrected chi connectivity index (χ2v) is 4.53. The van der Waals surface area contributed by atoms with Crippen LogP contribution in [-0.2, 0) is 14.3 Å². The van der Waals surface area contributed by atoms with Crippen LogP contribution in [0.25, 0.3) is 0 Å². The maximum atomic E-state index is 12.2. The Balaban J connectivity index is 4.15. The molecule has 0 aliphatic heterocycles. The zero-order chi connectivity index (χ0) is 14.5. The molecule has 5 nitrogen and oxygen atoms in total. The molecule has 5 heteroatoms. The van der Waals surface area contributed by atoms with E-state index in [1.807, 2.05) is 13.8 Å². The maximum absolute atomic E-state index is 12.2. The van der Waals surface area contributed by atoms with E-state index in [0.29, 0.717) is 45.9 Å². The molecule has 0 aliphatic rings. The standard InChI is InChI=1S/C14H30N2O3/c1-4-7-13(15)12-14(17)16(8-10-18-5-2)9-11-19-6-3/h13H,4-12,15H2,1-3H3. The summed E-state index contributed by atoms with van der Waals surface area (Å²) in [7, 11) is 0. The summed E-state index contributed by atoms with van der Waals surface area (Å²) in [6.45, 7) is 9.66. The number of nitrogens with two attached hydrogens (primary N) is 1. The van der Waals surface area contributed by atoms with Crippen molar-refractivity contribution in [2.75, 3.05) is 39.5 Å². The number of ether oxygens (including phenoxy) is 2. The molecule has 0 spiro atoms. The Morgan fingerprint density at radius 2 is 1.63 bits per heavy atom. The SMILES string of the molecule is CCCC(N)CC(=O)N(CCOCC)CCOCC. The van der Waals surface area contributed by atoms with Crippen molar-refractivity contribution in [3.8, 4) is 0 Å². The minimum atomic E-state index is -0.0424. The molecule has 0 radical (unpaired) electrons. The van der Waals surface area contributed by atoms with Crippen molar-refractivity contribution in [3.05, 3.63) is 0 Å². The van der Waals surface area contributed by atoms with E-state index in [9.17, 15) is 4.79 Å². The second-order valence-electron chi connectivity index (χ2n) is 4.53. The third kappa shape index (κ3) is 9.87. The quantitative estimate of drug-likeness (QED) is 0.546. The van der Waals surface area contributed by atoms with Gasteiger partial charge in [-0.2, -0.15) is 0 Å². The van der Waals surface area contributed by atoms with Crippen molar-refractivity contribution in [2.45, 2.75) is 46.1 Å². The van der Waals surface area contributed by atoms with Gasteiger partial charge in [0.25, 0.3) is 0 Å². The van der Waals surface area contributed by atoms with E-state index in [4.69, 9.17) is 15.2 Å². The molecule has 114 valence electrons. The fourth-order valence-electron chi connectivity index (χ4n) is 1.83. The lowest BCUT2D eigenvalue weighted by atomic mass is 10.1. The highest BCUT2D eigenvalue weighted by Crippen LogP contribution is 2.03. The van der Waals surface area contributed by atoms with Crippen LogP contribution in [0.2, 0.25) is 0 Å². The molecule has 0 heterocycles. The van der Waals surface area contributed by atoms with Crippen molar-refractivity contribution in [3.63, 3.8) is 0 Å². The first-order valence-corrected chi connectivity index (χ1v) is 7.34. The van der Waals surface area contributed by atoms with E-state index in [0.717, 1.165) is 12.8 Å². The molecule has 0 rings (SSSR count). The Labute approximate surface area is 117 Å². The summed E-state index contributed by atoms with van der Waals surface area (Å²) in [6, 6.07) is -0.0424. The average molecular weight is 274 g/mol. The highest BCUT2D eigenvalue weighted by Gasteiger charge is 2.16. The molecule has 19 heavy (non-hydrogen) atoms. The van der Waals surface area contributed by atoms with Crippen molar-refractivity contribution in [1.82, 2.24) is 4.90 Å². The van der Waals surface area contributed by atoms with Crippen LogP contribution in [0.3, 0.4) is 0 Å². The van der Waals surface area contributed by atoms with Gasteiger partial charge in [-0.1, -0.05) is 13.3 Å². The van der Waals surface area contributed by atoms with Crippen molar-refractivity contribution in [2.24, 2.45) is 5.73 Å². The smallest absolute Gasteiger partial charge is 0.224 e. The van der Waals surface area contributed by atoms with E-state index in [1.54, 1.807) is 4.90 Å². The van der Waals surface area contributed by atoms with Crippen LogP contribution < -0.4 is 5.73 Å². The number of amides is 1. The molecule has 0 fully saturated rings. The van der Waals surface area contributed by atoms with Crippen LogP contribution in [0.5, 0.6) is 0 Å². The molecule has 1 amide bonds. The molecule has 1 atom stereocenters. The number of carbonyl (C=O) groups is 1. The largest absolute Gasteiger partial charge is 0.380 e. The lowest BCUT2D eigenvalue weighted by Gasteiger charge is -2.24. The fourth-order valence-corrected chi connectivity index (χ4v) is 1.83. The molecule has 2 N–H and O–H groups in total. The summed E-state index contributed by atoms with van der Waals surface area (Å²) in [4.78, 5) is 13.9. The molecule has 0 saturated heterocycles. The van der Waals surface area contributed by atoms with Crippen LogP contribution in [0.1, 0.15) is 40.0 Å². The Bertz CT molecular complexity index is 215. The first kappa shape index (κ1) is 18.4. The summed E-state index contributed by atoms with van der Waals surface area (Å²) in [5, 5.41) is 0. The van der Waals surface area contributed by atoms with E-state index in [1.165, 1.54) is 0 Å². The minimum Gasteiger partial charge on any atom is -0.380 e. The van der Waals surface area contributed by atoms with E-state index in [-0.39, 0.29) is 11.9 Å². The van der Waals surface area contributed by atoms with Crippen LogP contribution in [0.4, 0.5) is 0 Å². The van der Waals surface area contributed by atoms with E-state index >= 15 is 0 Å². The van der Waals surface area contributed by atoms with Gasteiger partial charge in [0, 0.05) is 38.8 Å². The monoisotopic (exact) mass is 274 g/mol. The Kier molecular flexibility index (Phi) is 12.0. The molecule has 0 saturated carbocycles. The zero-order valence-corrected chi connectivity index (χ0v) is 12.7. The fraction of sp³-hybridized carbons (Fsp3) is 0.929. The molecule has 0 aromatic carbocycles. The molecule has 0 bridgehead atoms. The number of rotatable bonds is 12. The van der Waals surface area contributed by atoms with E-state index in [2.05, 4.69) is 6.92 Å². The highest BCUT2D eigenvalue weighted by molar-refractivity contribution is 5.76. The highest BCUT2D eigenvalue weighted by atomic mass is 16.5. The number of hydrogen-bond acceptors (Lipinski definition) is 4. The van der Waals surface area contributed by atoms with Crippen LogP contribution >= 0.6 is 0 Å². The van der Waals surface area contributed by atoms with Gasteiger partial charge in [0.2, 0.25) is 5.91 Å². The molecular weight excluding hydrogens is 244 g/mol. The number of nitrogens with zero attached hydrogens (tertiary/aromatic N) is 1. The third-order valence-electron chi connectivity index (χ3n) is 2.87. The van der Waals surface area contributed by atoms with Gasteiger partial charge in [-0.05, 0) is 20.3 Å². The predicted molar refractivity (Wildman–Crippen MR) is 77.1 cm³/mol. The van der Waals surface area contributed by atoms with Crippen LogP contribution in [0.15, 0.2) is 0 Å². The summed E-state index contributed by atoms with van der Waals surface area (Å²) >= 11 is 0. The average Bonchev–Trinajstić information content (AvgIpc) is 2.37. The maximum Gasteiger partial charge on any atom is 0.224 e. The van der Waals surface area contributed by atoms with Crippen LogP contribution in [-0.4, -0.2) is 56.4 Å². The minimum absolute atomic E-state index is 0.0424. The summed E-state index contributed by atoms with van der Waals surface area (Å²) in [6.07, 6.45) is 2.30. The molecule has 0 aliphatic carbocycles. The number of carbonyl (C=O) groups excluding carboxylic acids is 1. The number of hydrogen-bond donors (Lipinski definition) is 1. The summed E-state index contributed by atoms with van der Waals surface area (Å²) in [5.74, 6) is 0.0976. The first-order valence-electron chi connectivity index (χ1n) is 7.34. The van der Waals surface area contributed by atoms with Gasteiger partial charge in [-0.3, -0.25) is 4.79 Å². The first-order chi connectivity index (χ1) is 9.15.